The van der Waals surface area contributed by atoms with Gasteiger partial charge in [-0.2, -0.15) is 0 Å². The van der Waals surface area contributed by atoms with E-state index in [0.717, 1.165) is 5.69 Å². The zero-order valence-corrected chi connectivity index (χ0v) is 35.4. The minimum absolute atomic E-state index is 0.0882. The van der Waals surface area contributed by atoms with Crippen LogP contribution >= 0.6 is 0 Å². The van der Waals surface area contributed by atoms with Gasteiger partial charge in [-0.1, -0.05) is 209 Å². The van der Waals surface area contributed by atoms with Gasteiger partial charge in [0, 0.05) is 28.2 Å². The molecule has 56 heavy (non-hydrogen) atoms. The minimum Gasteiger partial charge on any atom is -0.256 e. The van der Waals surface area contributed by atoms with Crippen LogP contribution in [0.15, 0.2) is 103 Å². The molecule has 0 fully saturated rings. The molecule has 5 aromatic rings. The minimum atomic E-state index is 0.0882. The van der Waals surface area contributed by atoms with Gasteiger partial charge in [0.15, 0.2) is 0 Å². The summed E-state index contributed by atoms with van der Waals surface area (Å²) in [5.41, 5.74) is 17.1. The fourth-order valence-corrected chi connectivity index (χ4v) is 10.7. The lowest BCUT2D eigenvalue weighted by molar-refractivity contribution is 0.401. The van der Waals surface area contributed by atoms with Crippen LogP contribution in [0, 0.1) is 0 Å². The summed E-state index contributed by atoms with van der Waals surface area (Å²) in [4.78, 5) is 5.23. The maximum Gasteiger partial charge on any atom is 0.0702 e. The van der Waals surface area contributed by atoms with Gasteiger partial charge in [-0.05, 0) is 94.0 Å². The highest BCUT2D eigenvalue weighted by Crippen LogP contribution is 2.56. The van der Waals surface area contributed by atoms with Gasteiger partial charge in [-0.3, -0.25) is 4.98 Å². The zero-order chi connectivity index (χ0) is 38.8. The zero-order valence-electron chi connectivity index (χ0n) is 35.4. The van der Waals surface area contributed by atoms with Gasteiger partial charge < -0.3 is 0 Å². The Balaban J connectivity index is 1.22. The molecule has 0 saturated heterocycles. The number of fused-ring (bicyclic) bond motifs is 6. The molecule has 1 aromatic heterocycles. The summed E-state index contributed by atoms with van der Waals surface area (Å²) in [6.45, 7) is 9.31. The van der Waals surface area contributed by atoms with Crippen molar-refractivity contribution in [3.05, 3.63) is 126 Å². The number of unbranched alkanes of at least 4 members (excludes halogenated alkanes) is 12. The smallest absolute Gasteiger partial charge is 0.0702 e. The van der Waals surface area contributed by atoms with Crippen LogP contribution in [0.25, 0.3) is 44.6 Å². The normalized spacial score (nSPS) is 14.4. The van der Waals surface area contributed by atoms with Crippen molar-refractivity contribution in [1.29, 1.82) is 0 Å². The third-order valence-electron chi connectivity index (χ3n) is 13.8. The SMILES string of the molecule is CCCCCCC1(CCCCCC)c2ccccc2-c2ccc(-c3ccc(-c4ccc5c(c4)C(CCCCCC)(CCCCCC)c4ccccc4-5)nc3)cc21. The molecule has 0 bridgehead atoms. The van der Waals surface area contributed by atoms with Crippen LogP contribution in [-0.4, -0.2) is 4.98 Å². The van der Waals surface area contributed by atoms with E-state index >= 15 is 0 Å². The Morgan fingerprint density at radius 3 is 1.18 bits per heavy atom. The number of benzene rings is 4. The number of hydrogen-bond acceptors (Lipinski definition) is 1. The maximum atomic E-state index is 5.23. The highest BCUT2D eigenvalue weighted by Gasteiger charge is 2.43. The summed E-state index contributed by atoms with van der Waals surface area (Å²) in [5.74, 6) is 0. The molecule has 294 valence electrons. The van der Waals surface area contributed by atoms with Gasteiger partial charge in [-0.25, -0.2) is 0 Å². The quantitative estimate of drug-likeness (QED) is 0.0643. The lowest BCUT2D eigenvalue weighted by atomic mass is 9.70. The van der Waals surface area contributed by atoms with Gasteiger partial charge >= 0.3 is 0 Å². The number of nitrogens with zero attached hydrogens (tertiary/aromatic N) is 1. The van der Waals surface area contributed by atoms with E-state index in [1.165, 1.54) is 167 Å². The van der Waals surface area contributed by atoms with Crippen LogP contribution in [0.2, 0.25) is 0 Å². The van der Waals surface area contributed by atoms with Crippen LogP contribution in [-0.2, 0) is 10.8 Å². The Labute approximate surface area is 340 Å². The Hall–Kier alpha value is -3.97. The summed E-state index contributed by atoms with van der Waals surface area (Å²) >= 11 is 0. The Morgan fingerprint density at radius 1 is 0.357 bits per heavy atom. The van der Waals surface area contributed by atoms with Gasteiger partial charge in [0.05, 0.1) is 5.69 Å². The van der Waals surface area contributed by atoms with E-state index in [4.69, 9.17) is 4.98 Å². The van der Waals surface area contributed by atoms with E-state index in [0.29, 0.717) is 0 Å². The maximum absolute atomic E-state index is 5.23. The molecule has 0 atom stereocenters. The first-order valence-corrected chi connectivity index (χ1v) is 23.1. The highest BCUT2D eigenvalue weighted by atomic mass is 14.7. The molecular formula is C55H69N. The molecule has 1 heteroatoms. The third kappa shape index (κ3) is 8.08. The molecule has 7 rings (SSSR count). The van der Waals surface area contributed by atoms with Gasteiger partial charge in [0.2, 0.25) is 0 Å². The van der Waals surface area contributed by atoms with Crippen molar-refractivity contribution in [3.8, 4) is 44.6 Å². The summed E-state index contributed by atoms with van der Waals surface area (Å²) in [5, 5.41) is 0. The Morgan fingerprint density at radius 2 is 0.750 bits per heavy atom. The lowest BCUT2D eigenvalue weighted by Crippen LogP contribution is -2.25. The van der Waals surface area contributed by atoms with Gasteiger partial charge in [-0.15, -0.1) is 0 Å². The molecule has 0 spiro atoms. The van der Waals surface area contributed by atoms with Gasteiger partial charge in [0.25, 0.3) is 0 Å². The van der Waals surface area contributed by atoms with Crippen molar-refractivity contribution in [2.24, 2.45) is 0 Å². The fraction of sp³-hybridized carbons (Fsp3) is 0.473. The number of hydrogen-bond donors (Lipinski definition) is 0. The lowest BCUT2D eigenvalue weighted by Gasteiger charge is -2.33. The van der Waals surface area contributed by atoms with Crippen molar-refractivity contribution >= 4 is 0 Å². The predicted molar refractivity (Wildman–Crippen MR) is 243 cm³/mol. The van der Waals surface area contributed by atoms with Gasteiger partial charge in [0.1, 0.15) is 0 Å². The molecule has 2 aliphatic carbocycles. The molecule has 0 unspecified atom stereocenters. The molecule has 0 aliphatic heterocycles. The van der Waals surface area contributed by atoms with E-state index in [2.05, 4.69) is 131 Å². The van der Waals surface area contributed by atoms with Crippen LogP contribution in [0.1, 0.15) is 178 Å². The van der Waals surface area contributed by atoms with Crippen LogP contribution < -0.4 is 0 Å². The Kier molecular flexibility index (Phi) is 13.6. The monoisotopic (exact) mass is 744 g/mol. The molecule has 1 heterocycles. The van der Waals surface area contributed by atoms with E-state index in [-0.39, 0.29) is 10.8 Å². The van der Waals surface area contributed by atoms with Crippen LogP contribution in [0.5, 0.6) is 0 Å². The Bertz CT molecular complexity index is 1840. The van der Waals surface area contributed by atoms with Crippen molar-refractivity contribution < 1.29 is 0 Å². The van der Waals surface area contributed by atoms with Crippen molar-refractivity contribution in [2.45, 2.75) is 167 Å². The van der Waals surface area contributed by atoms with Crippen molar-refractivity contribution in [2.75, 3.05) is 0 Å². The first-order valence-electron chi connectivity index (χ1n) is 23.1. The fourth-order valence-electron chi connectivity index (χ4n) is 10.7. The number of aromatic nitrogens is 1. The topological polar surface area (TPSA) is 12.9 Å². The average Bonchev–Trinajstić information content (AvgIpc) is 3.67. The second kappa shape index (κ2) is 19.0. The molecule has 4 aromatic carbocycles. The number of pyridine rings is 1. The summed E-state index contributed by atoms with van der Waals surface area (Å²) in [6, 6.07) is 37.9. The van der Waals surface area contributed by atoms with E-state index in [1.54, 1.807) is 22.3 Å². The van der Waals surface area contributed by atoms with E-state index in [1.807, 2.05) is 0 Å². The predicted octanol–water partition coefficient (Wildman–Crippen LogP) is 16.8. The molecule has 1 nitrogen and oxygen atoms in total. The molecule has 0 amide bonds. The summed E-state index contributed by atoms with van der Waals surface area (Å²) in [6.07, 6.45) is 28.0. The molecule has 0 saturated carbocycles. The molecule has 2 aliphatic rings. The first kappa shape index (κ1) is 40.2. The molecule has 0 N–H and O–H groups in total. The standard InChI is InChI=1S/C55H69N/c1-5-9-13-21-35-54(36-22-14-10-6-2)49-27-19-17-25-45(49)47-32-29-42(39-51(47)54)44-31-34-53(56-41-44)43-30-33-48-46-26-18-20-28-50(46)55(52(48)40-43,37-23-15-11-7-3)38-24-16-12-8-4/h17-20,25-34,39-41H,5-16,21-24,35-38H2,1-4H3. The largest absolute Gasteiger partial charge is 0.256 e. The van der Waals surface area contributed by atoms with E-state index in [9.17, 15) is 0 Å². The number of rotatable bonds is 22. The molecular weight excluding hydrogens is 675 g/mol. The van der Waals surface area contributed by atoms with Crippen molar-refractivity contribution in [3.63, 3.8) is 0 Å². The summed E-state index contributed by atoms with van der Waals surface area (Å²) in [7, 11) is 0. The van der Waals surface area contributed by atoms with E-state index < -0.39 is 0 Å². The molecule has 0 radical (unpaired) electrons. The second-order valence-electron chi connectivity index (χ2n) is 17.5. The average molecular weight is 744 g/mol. The van der Waals surface area contributed by atoms with Crippen LogP contribution in [0.3, 0.4) is 0 Å². The highest BCUT2D eigenvalue weighted by molar-refractivity contribution is 5.85. The van der Waals surface area contributed by atoms with Crippen LogP contribution in [0.4, 0.5) is 0 Å². The first-order chi connectivity index (χ1) is 27.6. The van der Waals surface area contributed by atoms with Crippen molar-refractivity contribution in [1.82, 2.24) is 4.98 Å². The summed E-state index contributed by atoms with van der Waals surface area (Å²) < 4.78 is 0. The third-order valence-corrected chi connectivity index (χ3v) is 13.8. The second-order valence-corrected chi connectivity index (χ2v) is 17.5.